The molecule has 0 unspecified atom stereocenters. The summed E-state index contributed by atoms with van der Waals surface area (Å²) in [6, 6.07) is 3.90. The van der Waals surface area contributed by atoms with Crippen LogP contribution in [0, 0.1) is 0 Å². The second kappa shape index (κ2) is 5.01. The van der Waals surface area contributed by atoms with Gasteiger partial charge in [-0.1, -0.05) is 0 Å². The van der Waals surface area contributed by atoms with Crippen LogP contribution in [0.4, 0.5) is 0 Å². The number of H-pyrrole nitrogens is 1. The minimum Gasteiger partial charge on any atom is -0.508 e. The van der Waals surface area contributed by atoms with Crippen molar-refractivity contribution in [2.45, 2.75) is 19.4 Å². The first-order chi connectivity index (χ1) is 8.97. The molecule has 0 spiro atoms. The molecule has 2 aromatic rings. The summed E-state index contributed by atoms with van der Waals surface area (Å²) in [7, 11) is 0. The van der Waals surface area contributed by atoms with E-state index in [1.807, 2.05) is 0 Å². The van der Waals surface area contributed by atoms with Gasteiger partial charge in [-0.05, 0) is 24.6 Å². The Bertz CT molecular complexity index is 633. The number of benzene rings is 1. The third-order valence-electron chi connectivity index (χ3n) is 2.85. The minimum atomic E-state index is -1.07. The molecule has 1 atom stereocenters. The molecule has 0 saturated carbocycles. The zero-order valence-electron chi connectivity index (χ0n) is 10.3. The van der Waals surface area contributed by atoms with E-state index in [9.17, 15) is 14.7 Å². The number of fused-ring (bicyclic) bond motifs is 1. The fraction of sp³-hybridized carbons (Fsp3) is 0.231. The van der Waals surface area contributed by atoms with Gasteiger partial charge in [0.1, 0.15) is 11.8 Å². The van der Waals surface area contributed by atoms with Crippen molar-refractivity contribution in [3.63, 3.8) is 0 Å². The Morgan fingerprint density at radius 1 is 1.42 bits per heavy atom. The summed E-state index contributed by atoms with van der Waals surface area (Å²) in [5, 5.41) is 21.3. The van der Waals surface area contributed by atoms with Crippen molar-refractivity contribution in [2.24, 2.45) is 0 Å². The van der Waals surface area contributed by atoms with Gasteiger partial charge < -0.3 is 20.5 Å². The molecule has 0 aliphatic heterocycles. The van der Waals surface area contributed by atoms with Crippen LogP contribution in [0.3, 0.4) is 0 Å². The average Bonchev–Trinajstić information content (AvgIpc) is 2.71. The number of carbonyl (C=O) groups is 2. The Hall–Kier alpha value is -2.50. The van der Waals surface area contributed by atoms with Crippen LogP contribution in [-0.2, 0) is 16.0 Å². The molecule has 1 heterocycles. The van der Waals surface area contributed by atoms with Gasteiger partial charge in [-0.15, -0.1) is 0 Å². The molecule has 6 heteroatoms. The molecule has 19 heavy (non-hydrogen) atoms. The van der Waals surface area contributed by atoms with Crippen molar-refractivity contribution >= 4 is 22.8 Å². The van der Waals surface area contributed by atoms with Crippen LogP contribution in [0.15, 0.2) is 24.4 Å². The second-order valence-electron chi connectivity index (χ2n) is 4.35. The Balaban J connectivity index is 2.13. The molecule has 0 aliphatic carbocycles. The smallest absolute Gasteiger partial charge is 0.325 e. The van der Waals surface area contributed by atoms with Crippen LogP contribution in [0.25, 0.3) is 10.9 Å². The summed E-state index contributed by atoms with van der Waals surface area (Å²) in [4.78, 5) is 25.3. The van der Waals surface area contributed by atoms with Crippen LogP contribution in [0.5, 0.6) is 5.75 Å². The molecular formula is C13H14N2O4. The van der Waals surface area contributed by atoms with Gasteiger partial charge in [-0.2, -0.15) is 0 Å². The zero-order chi connectivity index (χ0) is 14.0. The average molecular weight is 262 g/mol. The highest BCUT2D eigenvalue weighted by Crippen LogP contribution is 2.22. The maximum absolute atomic E-state index is 11.7. The first-order valence-corrected chi connectivity index (χ1v) is 5.78. The van der Waals surface area contributed by atoms with E-state index in [1.165, 1.54) is 13.0 Å². The predicted molar refractivity (Wildman–Crippen MR) is 68.9 cm³/mol. The molecule has 1 aromatic carbocycles. The number of aromatic amines is 1. The van der Waals surface area contributed by atoms with Gasteiger partial charge in [0.05, 0.1) is 6.42 Å². The van der Waals surface area contributed by atoms with Crippen molar-refractivity contribution in [1.29, 1.82) is 0 Å². The number of carbonyl (C=O) groups excluding carboxylic acids is 1. The van der Waals surface area contributed by atoms with Crippen LogP contribution in [0.1, 0.15) is 12.5 Å². The summed E-state index contributed by atoms with van der Waals surface area (Å²) < 4.78 is 0. The predicted octanol–water partition coefficient (Wildman–Crippen LogP) is 1.01. The van der Waals surface area contributed by atoms with Gasteiger partial charge in [0.15, 0.2) is 0 Å². The van der Waals surface area contributed by atoms with Gasteiger partial charge in [0.2, 0.25) is 5.91 Å². The highest BCUT2D eigenvalue weighted by Gasteiger charge is 2.15. The zero-order valence-corrected chi connectivity index (χ0v) is 10.3. The van der Waals surface area contributed by atoms with E-state index in [0.29, 0.717) is 0 Å². The third kappa shape index (κ3) is 2.85. The van der Waals surface area contributed by atoms with Gasteiger partial charge >= 0.3 is 5.97 Å². The number of phenols is 1. The number of aromatic nitrogens is 1. The molecule has 0 bridgehead atoms. The first-order valence-electron chi connectivity index (χ1n) is 5.78. The third-order valence-corrected chi connectivity index (χ3v) is 2.85. The molecule has 6 nitrogen and oxygen atoms in total. The lowest BCUT2D eigenvalue weighted by molar-refractivity contribution is -0.141. The lowest BCUT2D eigenvalue weighted by Crippen LogP contribution is -2.39. The summed E-state index contributed by atoms with van der Waals surface area (Å²) in [5.74, 6) is -1.29. The Morgan fingerprint density at radius 2 is 2.16 bits per heavy atom. The van der Waals surface area contributed by atoms with E-state index in [1.54, 1.807) is 18.3 Å². The normalized spacial score (nSPS) is 12.3. The Labute approximate surface area is 109 Å². The maximum Gasteiger partial charge on any atom is 0.325 e. The highest BCUT2D eigenvalue weighted by molar-refractivity contribution is 5.91. The second-order valence-corrected chi connectivity index (χ2v) is 4.35. The van der Waals surface area contributed by atoms with Gasteiger partial charge in [0, 0.05) is 23.2 Å². The van der Waals surface area contributed by atoms with E-state index in [-0.39, 0.29) is 18.1 Å². The largest absolute Gasteiger partial charge is 0.508 e. The monoisotopic (exact) mass is 262 g/mol. The summed E-state index contributed by atoms with van der Waals surface area (Å²) >= 11 is 0. The van der Waals surface area contributed by atoms with Crippen molar-refractivity contribution in [3.8, 4) is 5.75 Å². The van der Waals surface area contributed by atoms with E-state index in [2.05, 4.69) is 10.3 Å². The molecule has 100 valence electrons. The van der Waals surface area contributed by atoms with E-state index in [4.69, 9.17) is 5.11 Å². The van der Waals surface area contributed by atoms with Gasteiger partial charge in [-0.3, -0.25) is 9.59 Å². The Morgan fingerprint density at radius 3 is 2.84 bits per heavy atom. The number of carboxylic acids is 1. The van der Waals surface area contributed by atoms with E-state index in [0.717, 1.165) is 16.5 Å². The van der Waals surface area contributed by atoms with E-state index >= 15 is 0 Å². The number of hydrogen-bond acceptors (Lipinski definition) is 3. The lowest BCUT2D eigenvalue weighted by atomic mass is 10.1. The number of rotatable bonds is 4. The molecule has 0 fully saturated rings. The Kier molecular flexibility index (Phi) is 3.41. The van der Waals surface area contributed by atoms with Crippen LogP contribution < -0.4 is 5.32 Å². The summed E-state index contributed by atoms with van der Waals surface area (Å²) in [6.07, 6.45) is 1.76. The number of aromatic hydroxyl groups is 1. The molecular weight excluding hydrogens is 248 g/mol. The molecule has 1 amide bonds. The number of hydrogen-bond donors (Lipinski definition) is 4. The van der Waals surface area contributed by atoms with Gasteiger partial charge in [0.25, 0.3) is 0 Å². The molecule has 4 N–H and O–H groups in total. The SMILES string of the molecule is C[C@H](NC(=O)Cc1c[nH]c2cc(O)ccc12)C(=O)O. The fourth-order valence-electron chi connectivity index (χ4n) is 1.85. The highest BCUT2D eigenvalue weighted by atomic mass is 16.4. The van der Waals surface area contributed by atoms with Crippen molar-refractivity contribution in [1.82, 2.24) is 10.3 Å². The topological polar surface area (TPSA) is 102 Å². The molecule has 2 rings (SSSR count). The fourth-order valence-corrected chi connectivity index (χ4v) is 1.85. The van der Waals surface area contributed by atoms with Crippen molar-refractivity contribution < 1.29 is 19.8 Å². The standard InChI is InChI=1S/C13H14N2O4/c1-7(13(18)19)15-12(17)4-8-6-14-11-5-9(16)2-3-10(8)11/h2-3,5-7,14,16H,4H2,1H3,(H,15,17)(H,18,19)/t7-/m0/s1. The molecule has 0 radical (unpaired) electrons. The summed E-state index contributed by atoms with van der Waals surface area (Å²) in [5.41, 5.74) is 1.49. The first kappa shape index (κ1) is 12.9. The minimum absolute atomic E-state index is 0.0857. The quantitative estimate of drug-likeness (QED) is 0.660. The number of amides is 1. The number of aliphatic carboxylic acids is 1. The maximum atomic E-state index is 11.7. The summed E-state index contributed by atoms with van der Waals surface area (Å²) in [6.45, 7) is 1.41. The molecule has 0 aliphatic rings. The number of carboxylic acid groups (broad SMARTS) is 1. The molecule has 1 aromatic heterocycles. The van der Waals surface area contributed by atoms with Crippen molar-refractivity contribution in [3.05, 3.63) is 30.0 Å². The molecule has 0 saturated heterocycles. The van der Waals surface area contributed by atoms with Crippen LogP contribution in [0.2, 0.25) is 0 Å². The van der Waals surface area contributed by atoms with E-state index < -0.39 is 12.0 Å². The lowest BCUT2D eigenvalue weighted by Gasteiger charge is -2.08. The van der Waals surface area contributed by atoms with Crippen LogP contribution >= 0.6 is 0 Å². The number of nitrogens with one attached hydrogen (secondary N) is 2. The number of phenolic OH excluding ortho intramolecular Hbond substituents is 1. The van der Waals surface area contributed by atoms with Crippen molar-refractivity contribution in [2.75, 3.05) is 0 Å². The van der Waals surface area contributed by atoms with Crippen LogP contribution in [-0.4, -0.2) is 33.1 Å². The van der Waals surface area contributed by atoms with Gasteiger partial charge in [-0.25, -0.2) is 0 Å².